The first kappa shape index (κ1) is 12.1. The van der Waals surface area contributed by atoms with Crippen LogP contribution in [0, 0.1) is 0 Å². The lowest BCUT2D eigenvalue weighted by atomic mass is 9.88. The maximum absolute atomic E-state index is 11.2. The Balaban J connectivity index is 2.29. The minimum atomic E-state index is -0.778. The van der Waals surface area contributed by atoms with E-state index in [0.29, 0.717) is 6.61 Å². The summed E-state index contributed by atoms with van der Waals surface area (Å²) in [5, 5.41) is 12.2. The molecule has 4 nitrogen and oxygen atoms in total. The standard InChI is InChI=1S/C13H17NO3/c1-17-8-9-4-2-3-5-10(9)11-6-7-14-12(11)13(15)16/h2-5,11-12,14H,6-8H2,1H3,(H,15,16). The van der Waals surface area contributed by atoms with Crippen molar-refractivity contribution in [2.24, 2.45) is 0 Å². The number of aliphatic carboxylic acids is 1. The highest BCUT2D eigenvalue weighted by molar-refractivity contribution is 5.75. The van der Waals surface area contributed by atoms with Gasteiger partial charge in [0.15, 0.2) is 0 Å². The Morgan fingerprint density at radius 3 is 3.00 bits per heavy atom. The predicted octanol–water partition coefficient (Wildman–Crippen LogP) is 1.36. The van der Waals surface area contributed by atoms with Crippen LogP contribution in [0.3, 0.4) is 0 Å². The topological polar surface area (TPSA) is 58.6 Å². The molecule has 1 aromatic carbocycles. The lowest BCUT2D eigenvalue weighted by molar-refractivity contribution is -0.139. The average Bonchev–Trinajstić information content (AvgIpc) is 2.79. The highest BCUT2D eigenvalue weighted by Gasteiger charge is 2.34. The van der Waals surface area contributed by atoms with Crippen LogP contribution in [0.2, 0.25) is 0 Å². The lowest BCUT2D eigenvalue weighted by Crippen LogP contribution is -2.34. The molecule has 2 rings (SSSR count). The minimum Gasteiger partial charge on any atom is -0.480 e. The van der Waals surface area contributed by atoms with Crippen LogP contribution in [-0.4, -0.2) is 30.8 Å². The van der Waals surface area contributed by atoms with E-state index in [0.717, 1.165) is 24.1 Å². The largest absolute Gasteiger partial charge is 0.480 e. The van der Waals surface area contributed by atoms with Crippen LogP contribution in [0.4, 0.5) is 0 Å². The van der Waals surface area contributed by atoms with Crippen molar-refractivity contribution in [3.05, 3.63) is 35.4 Å². The summed E-state index contributed by atoms with van der Waals surface area (Å²) in [6.07, 6.45) is 0.859. The smallest absolute Gasteiger partial charge is 0.321 e. The number of nitrogens with one attached hydrogen (secondary N) is 1. The van der Waals surface area contributed by atoms with Gasteiger partial charge in [-0.15, -0.1) is 0 Å². The molecule has 92 valence electrons. The molecule has 0 spiro atoms. The van der Waals surface area contributed by atoms with Crippen molar-refractivity contribution in [1.29, 1.82) is 0 Å². The molecule has 1 saturated heterocycles. The summed E-state index contributed by atoms with van der Waals surface area (Å²) in [7, 11) is 1.65. The normalized spacial score (nSPS) is 23.8. The summed E-state index contributed by atoms with van der Waals surface area (Å²) in [4.78, 5) is 11.2. The maximum atomic E-state index is 11.2. The zero-order valence-electron chi connectivity index (χ0n) is 9.85. The third-order valence-electron chi connectivity index (χ3n) is 3.24. The van der Waals surface area contributed by atoms with E-state index in [1.807, 2.05) is 24.3 Å². The van der Waals surface area contributed by atoms with E-state index in [-0.39, 0.29) is 5.92 Å². The molecule has 1 aromatic rings. The third-order valence-corrected chi connectivity index (χ3v) is 3.24. The van der Waals surface area contributed by atoms with Gasteiger partial charge >= 0.3 is 5.97 Å². The van der Waals surface area contributed by atoms with E-state index in [4.69, 9.17) is 4.74 Å². The molecular weight excluding hydrogens is 218 g/mol. The Hall–Kier alpha value is -1.39. The van der Waals surface area contributed by atoms with Gasteiger partial charge in [0.05, 0.1) is 6.61 Å². The molecule has 1 aliphatic heterocycles. The van der Waals surface area contributed by atoms with Gasteiger partial charge in [0.1, 0.15) is 6.04 Å². The molecule has 2 N–H and O–H groups in total. The molecule has 1 heterocycles. The summed E-state index contributed by atoms with van der Waals surface area (Å²) in [5.74, 6) is -0.737. The molecule has 0 aromatic heterocycles. The van der Waals surface area contributed by atoms with Gasteiger partial charge in [0.25, 0.3) is 0 Å². The van der Waals surface area contributed by atoms with E-state index < -0.39 is 12.0 Å². The van der Waals surface area contributed by atoms with E-state index >= 15 is 0 Å². The van der Waals surface area contributed by atoms with Crippen LogP contribution in [-0.2, 0) is 16.1 Å². The first-order valence-corrected chi connectivity index (χ1v) is 5.77. The van der Waals surface area contributed by atoms with Crippen molar-refractivity contribution < 1.29 is 14.6 Å². The first-order chi connectivity index (χ1) is 8.24. The summed E-state index contributed by atoms with van der Waals surface area (Å²) < 4.78 is 5.16. The number of hydrogen-bond acceptors (Lipinski definition) is 3. The van der Waals surface area contributed by atoms with Crippen molar-refractivity contribution in [2.45, 2.75) is 25.0 Å². The van der Waals surface area contributed by atoms with Gasteiger partial charge in [-0.1, -0.05) is 24.3 Å². The molecule has 0 aliphatic carbocycles. The monoisotopic (exact) mass is 235 g/mol. The Kier molecular flexibility index (Phi) is 3.76. The van der Waals surface area contributed by atoms with Crippen molar-refractivity contribution in [3.63, 3.8) is 0 Å². The molecule has 1 fully saturated rings. The van der Waals surface area contributed by atoms with Crippen molar-refractivity contribution in [1.82, 2.24) is 5.32 Å². The fourth-order valence-corrected chi connectivity index (χ4v) is 2.48. The number of carbonyl (C=O) groups is 1. The Morgan fingerprint density at radius 1 is 1.53 bits per heavy atom. The van der Waals surface area contributed by atoms with Gasteiger partial charge in [-0.3, -0.25) is 4.79 Å². The average molecular weight is 235 g/mol. The number of ether oxygens (including phenoxy) is 1. The summed E-state index contributed by atoms with van der Waals surface area (Å²) in [5.41, 5.74) is 2.17. The Bertz CT molecular complexity index is 405. The van der Waals surface area contributed by atoms with Gasteiger partial charge < -0.3 is 15.2 Å². The van der Waals surface area contributed by atoms with Crippen LogP contribution in [0.25, 0.3) is 0 Å². The highest BCUT2D eigenvalue weighted by Crippen LogP contribution is 2.30. The maximum Gasteiger partial charge on any atom is 0.321 e. The molecule has 0 radical (unpaired) electrons. The SMILES string of the molecule is COCc1ccccc1C1CCNC1C(=O)O. The van der Waals surface area contributed by atoms with Gasteiger partial charge in [-0.2, -0.15) is 0 Å². The van der Waals surface area contributed by atoms with Crippen LogP contribution >= 0.6 is 0 Å². The predicted molar refractivity (Wildman–Crippen MR) is 63.9 cm³/mol. The van der Waals surface area contributed by atoms with Crippen molar-refractivity contribution in [3.8, 4) is 0 Å². The Morgan fingerprint density at radius 2 is 2.29 bits per heavy atom. The second kappa shape index (κ2) is 5.29. The number of carboxylic acids is 1. The second-order valence-electron chi connectivity index (χ2n) is 4.30. The summed E-state index contributed by atoms with van der Waals surface area (Å²) in [6, 6.07) is 7.42. The molecule has 1 aliphatic rings. The lowest BCUT2D eigenvalue weighted by Gasteiger charge is -2.19. The first-order valence-electron chi connectivity index (χ1n) is 5.77. The van der Waals surface area contributed by atoms with Gasteiger partial charge in [0.2, 0.25) is 0 Å². The number of rotatable bonds is 4. The van der Waals surface area contributed by atoms with Gasteiger partial charge in [-0.05, 0) is 24.1 Å². The number of benzene rings is 1. The zero-order valence-corrected chi connectivity index (χ0v) is 9.85. The van der Waals surface area contributed by atoms with E-state index in [1.54, 1.807) is 7.11 Å². The van der Waals surface area contributed by atoms with Gasteiger partial charge in [0, 0.05) is 13.0 Å². The zero-order chi connectivity index (χ0) is 12.3. The Labute approximate surface area is 101 Å². The van der Waals surface area contributed by atoms with Crippen LogP contribution in [0.15, 0.2) is 24.3 Å². The summed E-state index contributed by atoms with van der Waals surface area (Å²) in [6.45, 7) is 1.28. The second-order valence-corrected chi connectivity index (χ2v) is 4.30. The fourth-order valence-electron chi connectivity index (χ4n) is 2.48. The minimum absolute atomic E-state index is 0.0406. The van der Waals surface area contributed by atoms with E-state index in [2.05, 4.69) is 5.32 Å². The van der Waals surface area contributed by atoms with E-state index in [1.165, 1.54) is 0 Å². The number of carboxylic acid groups (broad SMARTS) is 1. The number of hydrogen-bond donors (Lipinski definition) is 2. The van der Waals surface area contributed by atoms with Crippen molar-refractivity contribution >= 4 is 5.97 Å². The quantitative estimate of drug-likeness (QED) is 0.827. The van der Waals surface area contributed by atoms with Crippen LogP contribution in [0.5, 0.6) is 0 Å². The highest BCUT2D eigenvalue weighted by atomic mass is 16.5. The molecule has 0 bridgehead atoms. The van der Waals surface area contributed by atoms with Gasteiger partial charge in [-0.25, -0.2) is 0 Å². The summed E-state index contributed by atoms with van der Waals surface area (Å²) >= 11 is 0. The number of methoxy groups -OCH3 is 1. The molecule has 2 unspecified atom stereocenters. The molecular formula is C13H17NO3. The molecule has 0 saturated carbocycles. The fraction of sp³-hybridized carbons (Fsp3) is 0.462. The van der Waals surface area contributed by atoms with Crippen molar-refractivity contribution in [2.75, 3.05) is 13.7 Å². The molecule has 0 amide bonds. The third kappa shape index (κ3) is 2.48. The van der Waals surface area contributed by atoms with Crippen LogP contribution < -0.4 is 5.32 Å². The molecule has 4 heteroatoms. The molecule has 17 heavy (non-hydrogen) atoms. The molecule has 2 atom stereocenters. The van der Waals surface area contributed by atoms with E-state index in [9.17, 15) is 9.90 Å². The van der Waals surface area contributed by atoms with Crippen LogP contribution in [0.1, 0.15) is 23.5 Å².